The van der Waals surface area contributed by atoms with E-state index in [4.69, 9.17) is 0 Å². The normalized spacial score (nSPS) is 12.6. The van der Waals surface area contributed by atoms with Crippen LogP contribution in [0.1, 0.15) is 40.9 Å². The Balaban J connectivity index is 2.29. The smallest absolute Gasteiger partial charge is 0.0686 e. The average molecular weight is 260 g/mol. The molecule has 0 aliphatic carbocycles. The summed E-state index contributed by atoms with van der Waals surface area (Å²) in [4.78, 5) is 7.21. The first-order valence-corrected chi connectivity index (χ1v) is 7.30. The van der Waals surface area contributed by atoms with E-state index >= 15 is 0 Å². The van der Waals surface area contributed by atoms with Crippen molar-refractivity contribution in [2.24, 2.45) is 0 Å². The summed E-state index contributed by atoms with van der Waals surface area (Å²) in [5.41, 5.74) is 2.31. The second-order valence-electron chi connectivity index (χ2n) is 4.38. The fraction of sp³-hybridized carbons (Fsp3) is 0.400. The largest absolute Gasteiger partial charge is 0.306 e. The molecule has 0 amide bonds. The molecule has 0 aliphatic heterocycles. The van der Waals surface area contributed by atoms with Crippen molar-refractivity contribution in [1.82, 2.24) is 10.3 Å². The van der Waals surface area contributed by atoms with Crippen LogP contribution in [0.2, 0.25) is 0 Å². The topological polar surface area (TPSA) is 24.9 Å². The second kappa shape index (κ2) is 6.12. The lowest BCUT2D eigenvalue weighted by Gasteiger charge is -2.16. The van der Waals surface area contributed by atoms with E-state index in [0.29, 0.717) is 0 Å². The Morgan fingerprint density at radius 1 is 1.22 bits per heavy atom. The van der Waals surface area contributed by atoms with Crippen LogP contribution in [0, 0.1) is 6.92 Å². The van der Waals surface area contributed by atoms with Gasteiger partial charge in [0.1, 0.15) is 0 Å². The number of hydrogen-bond donors (Lipinski definition) is 1. The van der Waals surface area contributed by atoms with E-state index in [0.717, 1.165) is 18.7 Å². The highest BCUT2D eigenvalue weighted by atomic mass is 32.1. The third-order valence-electron chi connectivity index (χ3n) is 2.99. The van der Waals surface area contributed by atoms with Crippen molar-refractivity contribution >= 4 is 11.3 Å². The molecule has 2 aromatic rings. The van der Waals surface area contributed by atoms with Gasteiger partial charge in [0.2, 0.25) is 0 Å². The fourth-order valence-corrected chi connectivity index (χ4v) is 3.03. The van der Waals surface area contributed by atoms with Crippen molar-refractivity contribution in [1.29, 1.82) is 0 Å². The maximum atomic E-state index is 4.40. The molecule has 2 heterocycles. The fourth-order valence-electron chi connectivity index (χ4n) is 1.98. The van der Waals surface area contributed by atoms with Crippen LogP contribution in [0.4, 0.5) is 0 Å². The molecule has 1 N–H and O–H groups in total. The van der Waals surface area contributed by atoms with Crippen LogP contribution in [0.25, 0.3) is 0 Å². The quantitative estimate of drug-likeness (QED) is 0.886. The van der Waals surface area contributed by atoms with Gasteiger partial charge in [-0.1, -0.05) is 19.9 Å². The highest BCUT2D eigenvalue weighted by Crippen LogP contribution is 2.28. The van der Waals surface area contributed by atoms with E-state index in [1.165, 1.54) is 15.3 Å². The van der Waals surface area contributed by atoms with Crippen molar-refractivity contribution in [3.63, 3.8) is 0 Å². The Labute approximate surface area is 113 Å². The van der Waals surface area contributed by atoms with Gasteiger partial charge in [-0.05, 0) is 43.7 Å². The SMILES string of the molecule is CCNC(c1ccc(C)nc1)c1ccc(CC)s1. The van der Waals surface area contributed by atoms with Gasteiger partial charge in [-0.15, -0.1) is 11.3 Å². The highest BCUT2D eigenvalue weighted by Gasteiger charge is 2.15. The summed E-state index contributed by atoms with van der Waals surface area (Å²) in [6.07, 6.45) is 3.09. The zero-order valence-corrected chi connectivity index (χ0v) is 12.1. The van der Waals surface area contributed by atoms with Crippen LogP contribution in [0.5, 0.6) is 0 Å². The Hall–Kier alpha value is -1.19. The maximum absolute atomic E-state index is 4.40. The summed E-state index contributed by atoms with van der Waals surface area (Å²) >= 11 is 1.89. The number of nitrogens with one attached hydrogen (secondary N) is 1. The van der Waals surface area contributed by atoms with Crippen LogP contribution in [-0.4, -0.2) is 11.5 Å². The Morgan fingerprint density at radius 2 is 2.06 bits per heavy atom. The monoisotopic (exact) mass is 260 g/mol. The molecule has 0 bridgehead atoms. The minimum Gasteiger partial charge on any atom is -0.306 e. The van der Waals surface area contributed by atoms with Gasteiger partial charge >= 0.3 is 0 Å². The first-order chi connectivity index (χ1) is 8.74. The second-order valence-corrected chi connectivity index (χ2v) is 5.58. The summed E-state index contributed by atoms with van der Waals surface area (Å²) in [5, 5.41) is 3.54. The average Bonchev–Trinajstić information content (AvgIpc) is 2.86. The Kier molecular flexibility index (Phi) is 4.50. The van der Waals surface area contributed by atoms with E-state index in [1.807, 2.05) is 24.5 Å². The van der Waals surface area contributed by atoms with Gasteiger partial charge in [-0.3, -0.25) is 4.98 Å². The predicted molar refractivity (Wildman–Crippen MR) is 78.2 cm³/mol. The molecule has 18 heavy (non-hydrogen) atoms. The van der Waals surface area contributed by atoms with Crippen molar-refractivity contribution in [3.05, 3.63) is 51.5 Å². The molecule has 2 nitrogen and oxygen atoms in total. The van der Waals surface area contributed by atoms with Gasteiger partial charge in [-0.25, -0.2) is 0 Å². The lowest BCUT2D eigenvalue weighted by atomic mass is 10.1. The number of nitrogens with zero attached hydrogens (tertiary/aromatic N) is 1. The van der Waals surface area contributed by atoms with Gasteiger partial charge < -0.3 is 5.32 Å². The number of aryl methyl sites for hydroxylation is 2. The first kappa shape index (κ1) is 13.2. The van der Waals surface area contributed by atoms with Crippen molar-refractivity contribution in [2.75, 3.05) is 6.54 Å². The molecule has 1 atom stereocenters. The minimum absolute atomic E-state index is 0.272. The van der Waals surface area contributed by atoms with Gasteiger partial charge in [0, 0.05) is 21.6 Å². The van der Waals surface area contributed by atoms with E-state index < -0.39 is 0 Å². The van der Waals surface area contributed by atoms with Crippen LogP contribution in [0.3, 0.4) is 0 Å². The van der Waals surface area contributed by atoms with Gasteiger partial charge in [0.25, 0.3) is 0 Å². The molecule has 0 spiro atoms. The van der Waals surface area contributed by atoms with E-state index in [-0.39, 0.29) is 6.04 Å². The van der Waals surface area contributed by atoms with E-state index in [2.05, 4.69) is 48.4 Å². The lowest BCUT2D eigenvalue weighted by molar-refractivity contribution is 0.637. The number of hydrogen-bond acceptors (Lipinski definition) is 3. The Bertz CT molecular complexity index is 487. The predicted octanol–water partition coefficient (Wildman–Crippen LogP) is 3.71. The molecule has 0 saturated carbocycles. The summed E-state index contributed by atoms with van der Waals surface area (Å²) in [6, 6.07) is 8.98. The summed E-state index contributed by atoms with van der Waals surface area (Å²) < 4.78 is 0. The van der Waals surface area contributed by atoms with E-state index in [1.54, 1.807) is 0 Å². The highest BCUT2D eigenvalue weighted by molar-refractivity contribution is 7.12. The lowest BCUT2D eigenvalue weighted by Crippen LogP contribution is -2.21. The molecule has 0 saturated heterocycles. The van der Waals surface area contributed by atoms with Crippen molar-refractivity contribution in [3.8, 4) is 0 Å². The molecule has 0 aliphatic rings. The number of rotatable bonds is 5. The molecule has 1 unspecified atom stereocenters. The molecule has 3 heteroatoms. The van der Waals surface area contributed by atoms with Crippen LogP contribution >= 0.6 is 11.3 Å². The van der Waals surface area contributed by atoms with Crippen molar-refractivity contribution < 1.29 is 0 Å². The van der Waals surface area contributed by atoms with Gasteiger partial charge in [0.05, 0.1) is 6.04 Å². The first-order valence-electron chi connectivity index (χ1n) is 6.49. The zero-order chi connectivity index (χ0) is 13.0. The minimum atomic E-state index is 0.272. The van der Waals surface area contributed by atoms with Gasteiger partial charge in [-0.2, -0.15) is 0 Å². The molecular formula is C15H20N2S. The number of aromatic nitrogens is 1. The standard InChI is InChI=1S/C15H20N2S/c1-4-13-8-9-14(18-13)15(16-5-2)12-7-6-11(3)17-10-12/h6-10,15-16H,4-5H2,1-3H3. The molecule has 2 rings (SSSR count). The van der Waals surface area contributed by atoms with Crippen LogP contribution in [0.15, 0.2) is 30.5 Å². The summed E-state index contributed by atoms with van der Waals surface area (Å²) in [5.74, 6) is 0. The van der Waals surface area contributed by atoms with Gasteiger partial charge in [0.15, 0.2) is 0 Å². The summed E-state index contributed by atoms with van der Waals surface area (Å²) in [7, 11) is 0. The molecule has 0 aromatic carbocycles. The van der Waals surface area contributed by atoms with Crippen molar-refractivity contribution in [2.45, 2.75) is 33.2 Å². The van der Waals surface area contributed by atoms with E-state index in [9.17, 15) is 0 Å². The zero-order valence-electron chi connectivity index (χ0n) is 11.2. The Morgan fingerprint density at radius 3 is 2.61 bits per heavy atom. The maximum Gasteiger partial charge on any atom is 0.0686 e. The molecule has 96 valence electrons. The molecule has 2 aromatic heterocycles. The third-order valence-corrected chi connectivity index (χ3v) is 4.29. The number of thiophene rings is 1. The summed E-state index contributed by atoms with van der Waals surface area (Å²) in [6.45, 7) is 7.32. The van der Waals surface area contributed by atoms with Crippen LogP contribution in [-0.2, 0) is 6.42 Å². The molecular weight excluding hydrogens is 240 g/mol. The molecule has 0 fully saturated rings. The molecule has 0 radical (unpaired) electrons. The van der Waals surface area contributed by atoms with Crippen LogP contribution < -0.4 is 5.32 Å². The third kappa shape index (κ3) is 2.98. The number of pyridine rings is 1.